The Kier molecular flexibility index (Phi) is 7.94. The Balaban J connectivity index is 1.93. The second-order valence-corrected chi connectivity index (χ2v) is 9.22. The third kappa shape index (κ3) is 7.26. The van der Waals surface area contributed by atoms with Crippen LogP contribution in [-0.2, 0) is 4.74 Å². The number of hydrogen-bond donors (Lipinski definition) is 0. The van der Waals surface area contributed by atoms with Crippen molar-refractivity contribution in [2.75, 3.05) is 6.61 Å². The van der Waals surface area contributed by atoms with Crippen molar-refractivity contribution in [3.05, 3.63) is 29.8 Å². The predicted octanol–water partition coefficient (Wildman–Crippen LogP) is 7.09. The molecule has 1 aliphatic rings. The van der Waals surface area contributed by atoms with Crippen LogP contribution in [0.1, 0.15) is 84.9 Å². The molecule has 0 bridgehead atoms. The summed E-state index contributed by atoms with van der Waals surface area (Å²) in [6.45, 7) is 11.6. The standard InChI is InChI=1S/C23H37FO2/c1-6-21(24)19-11-13-20(14-12-19)26-22(15-23(3,4)5)25-16-18-9-7-17(2)8-10-18/h11-14,17-18,21-22H,6-10,15-16H2,1-5H3. The summed E-state index contributed by atoms with van der Waals surface area (Å²) in [5, 5.41) is 0. The van der Waals surface area contributed by atoms with Gasteiger partial charge in [0.1, 0.15) is 11.9 Å². The molecule has 148 valence electrons. The minimum Gasteiger partial charge on any atom is -0.465 e. The highest BCUT2D eigenvalue weighted by Crippen LogP contribution is 2.31. The average Bonchev–Trinajstić information content (AvgIpc) is 2.59. The van der Waals surface area contributed by atoms with Crippen molar-refractivity contribution in [3.63, 3.8) is 0 Å². The van der Waals surface area contributed by atoms with Crippen LogP contribution in [0.3, 0.4) is 0 Å². The molecule has 1 fully saturated rings. The zero-order valence-electron chi connectivity index (χ0n) is 17.3. The van der Waals surface area contributed by atoms with Gasteiger partial charge >= 0.3 is 0 Å². The molecule has 2 nitrogen and oxygen atoms in total. The molecule has 0 radical (unpaired) electrons. The largest absolute Gasteiger partial charge is 0.465 e. The van der Waals surface area contributed by atoms with Gasteiger partial charge in [-0.2, -0.15) is 0 Å². The Morgan fingerprint density at radius 2 is 1.69 bits per heavy atom. The van der Waals surface area contributed by atoms with E-state index in [9.17, 15) is 4.39 Å². The SMILES string of the molecule is CCC(F)c1ccc(OC(CC(C)(C)C)OCC2CCC(C)CC2)cc1. The first kappa shape index (κ1) is 21.2. The maximum absolute atomic E-state index is 13.8. The molecule has 0 spiro atoms. The Bertz CT molecular complexity index is 512. The fraction of sp³-hybridized carbons (Fsp3) is 0.739. The first-order chi connectivity index (χ1) is 12.3. The van der Waals surface area contributed by atoms with Gasteiger partial charge in [0.05, 0.1) is 6.61 Å². The molecule has 0 heterocycles. The van der Waals surface area contributed by atoms with Crippen LogP contribution >= 0.6 is 0 Å². The van der Waals surface area contributed by atoms with Crippen LogP contribution in [0.5, 0.6) is 5.75 Å². The molecule has 1 aromatic rings. The van der Waals surface area contributed by atoms with Crippen molar-refractivity contribution < 1.29 is 13.9 Å². The Labute approximate surface area is 159 Å². The molecule has 0 aromatic heterocycles. The fourth-order valence-electron chi connectivity index (χ4n) is 3.52. The van der Waals surface area contributed by atoms with E-state index >= 15 is 0 Å². The highest BCUT2D eigenvalue weighted by Gasteiger charge is 2.24. The molecule has 0 N–H and O–H groups in total. The first-order valence-corrected chi connectivity index (χ1v) is 10.3. The third-order valence-corrected chi connectivity index (χ3v) is 5.30. The van der Waals surface area contributed by atoms with Crippen molar-refractivity contribution in [1.29, 1.82) is 0 Å². The number of alkyl halides is 1. The van der Waals surface area contributed by atoms with E-state index in [-0.39, 0.29) is 11.7 Å². The van der Waals surface area contributed by atoms with Crippen LogP contribution in [0.15, 0.2) is 24.3 Å². The zero-order chi connectivity index (χ0) is 19.2. The van der Waals surface area contributed by atoms with Gasteiger partial charge in [-0.3, -0.25) is 0 Å². The molecular formula is C23H37FO2. The van der Waals surface area contributed by atoms with Crippen molar-refractivity contribution in [2.45, 2.75) is 85.6 Å². The summed E-state index contributed by atoms with van der Waals surface area (Å²) >= 11 is 0. The molecule has 0 aliphatic heterocycles. The molecule has 2 rings (SSSR count). The average molecular weight is 365 g/mol. The zero-order valence-corrected chi connectivity index (χ0v) is 17.3. The summed E-state index contributed by atoms with van der Waals surface area (Å²) in [5.74, 6) is 2.26. The Morgan fingerprint density at radius 1 is 1.08 bits per heavy atom. The lowest BCUT2D eigenvalue weighted by atomic mass is 9.83. The number of halogens is 1. The maximum atomic E-state index is 13.8. The highest BCUT2D eigenvalue weighted by molar-refractivity contribution is 5.28. The first-order valence-electron chi connectivity index (χ1n) is 10.3. The van der Waals surface area contributed by atoms with Crippen molar-refractivity contribution >= 4 is 0 Å². The second kappa shape index (κ2) is 9.73. The smallest absolute Gasteiger partial charge is 0.200 e. The highest BCUT2D eigenvalue weighted by atomic mass is 19.1. The van der Waals surface area contributed by atoms with Crippen LogP contribution in [0, 0.1) is 17.3 Å². The summed E-state index contributed by atoms with van der Waals surface area (Å²) in [7, 11) is 0. The summed E-state index contributed by atoms with van der Waals surface area (Å²) in [6.07, 6.45) is 5.30. The lowest BCUT2D eigenvalue weighted by Gasteiger charge is -2.30. The number of ether oxygens (including phenoxy) is 2. The van der Waals surface area contributed by atoms with Crippen LogP contribution in [0.2, 0.25) is 0 Å². The van der Waals surface area contributed by atoms with Gasteiger partial charge in [-0.05, 0) is 54.2 Å². The van der Waals surface area contributed by atoms with Gasteiger partial charge in [0, 0.05) is 6.42 Å². The number of hydrogen-bond acceptors (Lipinski definition) is 2. The van der Waals surface area contributed by atoms with Gasteiger partial charge in [0.25, 0.3) is 0 Å². The molecule has 0 saturated heterocycles. The van der Waals surface area contributed by atoms with Gasteiger partial charge in [0.15, 0.2) is 6.29 Å². The monoisotopic (exact) mass is 364 g/mol. The van der Waals surface area contributed by atoms with Gasteiger partial charge in [-0.25, -0.2) is 4.39 Å². The molecular weight excluding hydrogens is 327 g/mol. The van der Waals surface area contributed by atoms with E-state index in [1.165, 1.54) is 25.7 Å². The van der Waals surface area contributed by atoms with Crippen LogP contribution in [-0.4, -0.2) is 12.9 Å². The molecule has 1 aromatic carbocycles. The van der Waals surface area contributed by atoms with E-state index in [2.05, 4.69) is 27.7 Å². The van der Waals surface area contributed by atoms with Crippen LogP contribution < -0.4 is 4.74 Å². The normalized spacial score (nSPS) is 23.5. The van der Waals surface area contributed by atoms with Gasteiger partial charge in [-0.1, -0.05) is 59.6 Å². The van der Waals surface area contributed by atoms with Crippen LogP contribution in [0.25, 0.3) is 0 Å². The number of benzene rings is 1. The van der Waals surface area contributed by atoms with E-state index in [4.69, 9.17) is 9.47 Å². The summed E-state index contributed by atoms with van der Waals surface area (Å²) in [6, 6.07) is 7.36. The quantitative estimate of drug-likeness (QED) is 0.458. The van der Waals surface area contributed by atoms with E-state index in [1.54, 1.807) is 0 Å². The van der Waals surface area contributed by atoms with Crippen molar-refractivity contribution in [3.8, 4) is 5.75 Å². The van der Waals surface area contributed by atoms with Crippen molar-refractivity contribution in [2.24, 2.45) is 17.3 Å². The molecule has 3 heteroatoms. The van der Waals surface area contributed by atoms with E-state index < -0.39 is 6.17 Å². The minimum absolute atomic E-state index is 0.123. The second-order valence-electron chi connectivity index (χ2n) is 9.22. The topological polar surface area (TPSA) is 18.5 Å². The Morgan fingerprint density at radius 3 is 2.23 bits per heavy atom. The fourth-order valence-corrected chi connectivity index (χ4v) is 3.52. The van der Waals surface area contributed by atoms with E-state index in [0.29, 0.717) is 17.9 Å². The summed E-state index contributed by atoms with van der Waals surface area (Å²) in [5.41, 5.74) is 0.835. The summed E-state index contributed by atoms with van der Waals surface area (Å²) < 4.78 is 26.1. The third-order valence-electron chi connectivity index (χ3n) is 5.30. The molecule has 26 heavy (non-hydrogen) atoms. The predicted molar refractivity (Wildman–Crippen MR) is 106 cm³/mol. The Hall–Kier alpha value is -1.09. The van der Waals surface area contributed by atoms with Crippen LogP contribution in [0.4, 0.5) is 4.39 Å². The minimum atomic E-state index is -0.903. The van der Waals surface area contributed by atoms with Crippen molar-refractivity contribution in [1.82, 2.24) is 0 Å². The lowest BCUT2D eigenvalue weighted by molar-refractivity contribution is -0.113. The van der Waals surface area contributed by atoms with E-state index in [1.807, 2.05) is 31.2 Å². The molecule has 1 saturated carbocycles. The summed E-state index contributed by atoms with van der Waals surface area (Å²) in [4.78, 5) is 0. The van der Waals surface area contributed by atoms with Gasteiger partial charge in [-0.15, -0.1) is 0 Å². The van der Waals surface area contributed by atoms with E-state index in [0.717, 1.165) is 24.7 Å². The number of rotatable bonds is 8. The molecule has 2 unspecified atom stereocenters. The molecule has 1 aliphatic carbocycles. The van der Waals surface area contributed by atoms with Gasteiger partial charge in [0.2, 0.25) is 0 Å². The molecule has 2 atom stereocenters. The van der Waals surface area contributed by atoms with Gasteiger partial charge < -0.3 is 9.47 Å². The maximum Gasteiger partial charge on any atom is 0.200 e. The lowest BCUT2D eigenvalue weighted by Crippen LogP contribution is -2.29. The molecule has 0 amide bonds.